The molecule has 0 spiro atoms. The lowest BCUT2D eigenvalue weighted by molar-refractivity contribution is 0.464. The van der Waals surface area contributed by atoms with Crippen LogP contribution in [-0.2, 0) is 19.3 Å². The van der Waals surface area contributed by atoms with Crippen molar-refractivity contribution in [3.05, 3.63) is 116 Å². The zero-order chi connectivity index (χ0) is 25.3. The van der Waals surface area contributed by atoms with Crippen molar-refractivity contribution in [3.8, 4) is 23.0 Å². The van der Waals surface area contributed by atoms with Crippen LogP contribution in [0, 0.1) is 27.7 Å². The van der Waals surface area contributed by atoms with Crippen molar-refractivity contribution in [1.82, 2.24) is 0 Å². The van der Waals surface area contributed by atoms with Crippen LogP contribution in [0.1, 0.15) is 55.6 Å². The van der Waals surface area contributed by atoms with Crippen LogP contribution < -0.4 is 0 Å². The van der Waals surface area contributed by atoms with Crippen LogP contribution in [0.25, 0.3) is 0 Å². The van der Waals surface area contributed by atoms with Gasteiger partial charge in [-0.15, -0.1) is 0 Å². The molecule has 4 aromatic rings. The number of benzene rings is 4. The molecule has 0 amide bonds. The zero-order valence-electron chi connectivity index (χ0n) is 20.7. The third-order valence-corrected chi connectivity index (χ3v) is 6.70. The highest BCUT2D eigenvalue weighted by Crippen LogP contribution is 2.32. The van der Waals surface area contributed by atoms with Gasteiger partial charge in [0.05, 0.1) is 0 Å². The van der Waals surface area contributed by atoms with Crippen LogP contribution in [0.5, 0.6) is 23.0 Å². The maximum absolute atomic E-state index is 10.7. The predicted molar refractivity (Wildman–Crippen MR) is 140 cm³/mol. The fourth-order valence-electron chi connectivity index (χ4n) is 4.74. The Balaban J connectivity index is 1.64. The van der Waals surface area contributed by atoms with E-state index in [1.165, 1.54) is 0 Å². The summed E-state index contributed by atoms with van der Waals surface area (Å²) in [6.45, 7) is 7.74. The molecule has 0 saturated carbocycles. The molecule has 0 aliphatic heterocycles. The van der Waals surface area contributed by atoms with E-state index in [1.54, 1.807) is 24.3 Å². The maximum atomic E-state index is 10.7. The van der Waals surface area contributed by atoms with Gasteiger partial charge >= 0.3 is 0 Å². The Morgan fingerprint density at radius 1 is 0.429 bits per heavy atom. The Kier molecular flexibility index (Phi) is 6.74. The summed E-state index contributed by atoms with van der Waals surface area (Å²) in [5, 5.41) is 40.9. The molecule has 4 nitrogen and oxygen atoms in total. The molecule has 4 rings (SSSR count). The highest BCUT2D eigenvalue weighted by atomic mass is 16.3. The number of phenolic OH excluding ortho intramolecular Hbond substituents is 4. The minimum Gasteiger partial charge on any atom is -0.508 e. The zero-order valence-corrected chi connectivity index (χ0v) is 20.7. The molecule has 0 aromatic heterocycles. The van der Waals surface area contributed by atoms with Crippen LogP contribution in [0.4, 0.5) is 0 Å². The fraction of sp³-hybridized carbons (Fsp3) is 0.226. The van der Waals surface area contributed by atoms with Crippen molar-refractivity contribution < 1.29 is 20.4 Å². The molecule has 0 aliphatic rings. The van der Waals surface area contributed by atoms with Gasteiger partial charge in [0.15, 0.2) is 0 Å². The molecular weight excluding hydrogens is 436 g/mol. The van der Waals surface area contributed by atoms with E-state index >= 15 is 0 Å². The largest absolute Gasteiger partial charge is 0.508 e. The molecule has 0 fully saturated rings. The fourth-order valence-corrected chi connectivity index (χ4v) is 4.74. The molecule has 0 bridgehead atoms. The van der Waals surface area contributed by atoms with E-state index in [1.807, 2.05) is 64.1 Å². The summed E-state index contributed by atoms with van der Waals surface area (Å²) in [5.41, 5.74) is 9.60. The number of hydrogen-bond donors (Lipinski definition) is 4. The van der Waals surface area contributed by atoms with Gasteiger partial charge in [-0.2, -0.15) is 0 Å². The summed E-state index contributed by atoms with van der Waals surface area (Å²) < 4.78 is 0. The van der Waals surface area contributed by atoms with Crippen LogP contribution in [0.15, 0.2) is 60.7 Å². The molecule has 0 unspecified atom stereocenters. The van der Waals surface area contributed by atoms with Gasteiger partial charge in [-0.1, -0.05) is 36.4 Å². The Hall–Kier alpha value is -3.92. The monoisotopic (exact) mass is 468 g/mol. The second-order valence-electron chi connectivity index (χ2n) is 9.59. The van der Waals surface area contributed by atoms with E-state index in [0.29, 0.717) is 30.8 Å². The van der Waals surface area contributed by atoms with Gasteiger partial charge < -0.3 is 20.4 Å². The summed E-state index contributed by atoms with van der Waals surface area (Å²) in [6, 6.07) is 18.7. The molecule has 0 heterocycles. The average molecular weight is 469 g/mol. The third kappa shape index (κ3) is 5.43. The van der Waals surface area contributed by atoms with Gasteiger partial charge in [0.1, 0.15) is 23.0 Å². The van der Waals surface area contributed by atoms with E-state index in [-0.39, 0.29) is 11.5 Å². The van der Waals surface area contributed by atoms with Gasteiger partial charge in [-0.3, -0.25) is 0 Å². The number of aryl methyl sites for hydroxylation is 4. The number of rotatable bonds is 6. The van der Waals surface area contributed by atoms with Crippen molar-refractivity contribution in [2.45, 2.75) is 47.0 Å². The normalized spacial score (nSPS) is 11.1. The first-order valence-electron chi connectivity index (χ1n) is 11.8. The Bertz CT molecular complexity index is 1290. The molecule has 0 aliphatic carbocycles. The molecule has 4 N–H and O–H groups in total. The lowest BCUT2D eigenvalue weighted by atomic mass is 9.92. The first-order valence-corrected chi connectivity index (χ1v) is 11.8. The number of aromatic hydroxyl groups is 4. The molecule has 35 heavy (non-hydrogen) atoms. The van der Waals surface area contributed by atoms with Crippen LogP contribution in [0.3, 0.4) is 0 Å². The van der Waals surface area contributed by atoms with Crippen molar-refractivity contribution >= 4 is 0 Å². The smallest absolute Gasteiger partial charge is 0.122 e. The quantitative estimate of drug-likeness (QED) is 0.260. The molecule has 0 radical (unpaired) electrons. The van der Waals surface area contributed by atoms with Gasteiger partial charge in [0.2, 0.25) is 0 Å². The summed E-state index contributed by atoms with van der Waals surface area (Å²) in [4.78, 5) is 0. The molecule has 4 heteroatoms. The van der Waals surface area contributed by atoms with E-state index in [9.17, 15) is 20.4 Å². The SMILES string of the molecule is Cc1cc(O)ccc1Cc1cc(Cc2cc(C)c(O)c(Cc3ccc(O)cc3C)c2)cc(C)c1O. The van der Waals surface area contributed by atoms with Crippen molar-refractivity contribution in [2.24, 2.45) is 0 Å². The summed E-state index contributed by atoms with van der Waals surface area (Å²) in [6.07, 6.45) is 1.82. The van der Waals surface area contributed by atoms with Crippen molar-refractivity contribution in [3.63, 3.8) is 0 Å². The summed E-state index contributed by atoms with van der Waals surface area (Å²) in [7, 11) is 0. The van der Waals surface area contributed by atoms with Crippen LogP contribution in [-0.4, -0.2) is 20.4 Å². The van der Waals surface area contributed by atoms with Gasteiger partial charge in [-0.05, 0) is 114 Å². The Morgan fingerprint density at radius 3 is 1.20 bits per heavy atom. The van der Waals surface area contributed by atoms with E-state index < -0.39 is 0 Å². The standard InChI is InChI=1S/C31H32O4/c1-18-11-28(32)7-5-24(18)16-26-14-22(9-20(3)30(26)34)13-23-10-21(4)31(35)27(15-23)17-25-6-8-29(33)12-19(25)2/h5-12,14-15,32-35H,13,16-17H2,1-4H3. The minimum atomic E-state index is 0.237. The lowest BCUT2D eigenvalue weighted by Gasteiger charge is -2.15. The van der Waals surface area contributed by atoms with Gasteiger partial charge in [0.25, 0.3) is 0 Å². The van der Waals surface area contributed by atoms with E-state index in [2.05, 4.69) is 0 Å². The Labute approximate surface area is 206 Å². The molecule has 4 aromatic carbocycles. The highest BCUT2D eigenvalue weighted by Gasteiger charge is 2.13. The summed E-state index contributed by atoms with van der Waals surface area (Å²) >= 11 is 0. The van der Waals surface area contributed by atoms with Crippen molar-refractivity contribution in [1.29, 1.82) is 0 Å². The summed E-state index contributed by atoms with van der Waals surface area (Å²) in [5.74, 6) is 1.07. The molecule has 0 saturated heterocycles. The first kappa shape index (κ1) is 24.2. The average Bonchev–Trinajstić information content (AvgIpc) is 2.78. The molecule has 180 valence electrons. The third-order valence-electron chi connectivity index (χ3n) is 6.70. The van der Waals surface area contributed by atoms with Crippen LogP contribution >= 0.6 is 0 Å². The number of hydrogen-bond acceptors (Lipinski definition) is 4. The van der Waals surface area contributed by atoms with Crippen LogP contribution in [0.2, 0.25) is 0 Å². The maximum Gasteiger partial charge on any atom is 0.122 e. The lowest BCUT2D eigenvalue weighted by Crippen LogP contribution is -1.99. The topological polar surface area (TPSA) is 80.9 Å². The van der Waals surface area contributed by atoms with Gasteiger partial charge in [0, 0.05) is 12.8 Å². The van der Waals surface area contributed by atoms with Crippen molar-refractivity contribution in [2.75, 3.05) is 0 Å². The molecular formula is C31H32O4. The number of phenols is 4. The second-order valence-corrected chi connectivity index (χ2v) is 9.59. The van der Waals surface area contributed by atoms with Gasteiger partial charge in [-0.25, -0.2) is 0 Å². The second kappa shape index (κ2) is 9.75. The predicted octanol–water partition coefficient (Wildman–Crippen LogP) is 6.52. The molecule has 0 atom stereocenters. The Morgan fingerprint density at radius 2 is 0.829 bits per heavy atom. The van der Waals surface area contributed by atoms with E-state index in [0.717, 1.165) is 55.6 Å². The minimum absolute atomic E-state index is 0.237. The van der Waals surface area contributed by atoms with E-state index in [4.69, 9.17) is 0 Å². The highest BCUT2D eigenvalue weighted by molar-refractivity contribution is 5.51. The first-order chi connectivity index (χ1) is 16.6.